The number of hydrogen-bond donors (Lipinski definition) is 0. The molecular formula is C15H17Cl2FN2O. The maximum absolute atomic E-state index is 13.7. The first-order valence-electron chi connectivity index (χ1n) is 7.06. The predicted octanol–water partition coefficient (Wildman–Crippen LogP) is 4.14. The minimum atomic E-state index is -0.448. The predicted molar refractivity (Wildman–Crippen MR) is 82.8 cm³/mol. The number of alkyl halides is 1. The second-order valence-electron chi connectivity index (χ2n) is 5.71. The zero-order valence-electron chi connectivity index (χ0n) is 11.8. The van der Waals surface area contributed by atoms with Gasteiger partial charge in [0, 0.05) is 25.0 Å². The first kappa shape index (κ1) is 15.1. The average Bonchev–Trinajstić information content (AvgIpc) is 2.78. The summed E-state index contributed by atoms with van der Waals surface area (Å²) >= 11 is 11.9. The number of aryl methyl sites for hydroxylation is 1. The Morgan fingerprint density at radius 2 is 2.29 bits per heavy atom. The summed E-state index contributed by atoms with van der Waals surface area (Å²) in [4.78, 5) is 4.55. The summed E-state index contributed by atoms with van der Waals surface area (Å²) in [6.07, 6.45) is 2.61. The highest BCUT2D eigenvalue weighted by atomic mass is 35.5. The Hall–Kier alpha value is -0.840. The van der Waals surface area contributed by atoms with E-state index >= 15 is 0 Å². The van der Waals surface area contributed by atoms with Crippen molar-refractivity contribution in [2.75, 3.05) is 19.1 Å². The molecular weight excluding hydrogens is 314 g/mol. The molecule has 1 atom stereocenters. The topological polar surface area (TPSA) is 27.1 Å². The fraction of sp³-hybridized carbons (Fsp3) is 0.533. The number of rotatable bonds is 3. The number of fused-ring (bicyclic) bond motifs is 1. The number of ether oxygens (including phenoxy) is 1. The van der Waals surface area contributed by atoms with Crippen molar-refractivity contribution in [3.05, 3.63) is 28.8 Å². The number of halogens is 3. The molecule has 2 heterocycles. The highest BCUT2D eigenvalue weighted by molar-refractivity contribution is 6.31. The molecule has 3 rings (SSSR count). The van der Waals surface area contributed by atoms with Gasteiger partial charge in [0.2, 0.25) is 0 Å². The Morgan fingerprint density at radius 3 is 2.95 bits per heavy atom. The molecule has 1 aromatic heterocycles. The van der Waals surface area contributed by atoms with Crippen molar-refractivity contribution in [1.29, 1.82) is 0 Å². The van der Waals surface area contributed by atoms with E-state index < -0.39 is 5.82 Å². The molecule has 0 spiro atoms. The Labute approximate surface area is 133 Å². The van der Waals surface area contributed by atoms with Gasteiger partial charge < -0.3 is 9.30 Å². The SMILES string of the molecule is CC1(n2c(CCCl)nc3cc(F)c(Cl)cc32)CCCOC1. The van der Waals surface area contributed by atoms with Crippen LogP contribution in [0.2, 0.25) is 5.02 Å². The third-order valence-corrected chi connectivity index (χ3v) is 4.52. The average molecular weight is 331 g/mol. The van der Waals surface area contributed by atoms with Crippen molar-refractivity contribution in [3.8, 4) is 0 Å². The van der Waals surface area contributed by atoms with Crippen LogP contribution in [-0.4, -0.2) is 28.6 Å². The largest absolute Gasteiger partial charge is 0.379 e. The summed E-state index contributed by atoms with van der Waals surface area (Å²) in [5.41, 5.74) is 1.26. The van der Waals surface area contributed by atoms with Gasteiger partial charge in [0.05, 0.1) is 28.2 Å². The van der Waals surface area contributed by atoms with E-state index in [4.69, 9.17) is 27.9 Å². The Balaban J connectivity index is 2.22. The van der Waals surface area contributed by atoms with Crippen LogP contribution >= 0.6 is 23.2 Å². The minimum absolute atomic E-state index is 0.112. The van der Waals surface area contributed by atoms with E-state index in [1.807, 2.05) is 0 Å². The molecule has 2 aromatic rings. The van der Waals surface area contributed by atoms with Crippen molar-refractivity contribution < 1.29 is 9.13 Å². The van der Waals surface area contributed by atoms with Gasteiger partial charge in [-0.3, -0.25) is 0 Å². The van der Waals surface area contributed by atoms with Crippen LogP contribution in [0.5, 0.6) is 0 Å². The molecule has 1 unspecified atom stereocenters. The molecule has 1 aliphatic heterocycles. The van der Waals surface area contributed by atoms with E-state index in [0.717, 1.165) is 30.8 Å². The lowest BCUT2D eigenvalue weighted by Crippen LogP contribution is -2.40. The van der Waals surface area contributed by atoms with Crippen molar-refractivity contribution >= 4 is 34.2 Å². The van der Waals surface area contributed by atoms with E-state index in [1.54, 1.807) is 6.07 Å². The van der Waals surface area contributed by atoms with Gasteiger partial charge in [-0.2, -0.15) is 0 Å². The highest BCUT2D eigenvalue weighted by Gasteiger charge is 2.33. The standard InChI is InChI=1S/C15H17Cl2FN2O/c1-15(4-2-6-21-9-15)20-13-7-10(17)11(18)8-12(13)19-14(20)3-5-16/h7-8H,2-6,9H2,1H3. The van der Waals surface area contributed by atoms with Gasteiger partial charge in [0.1, 0.15) is 11.6 Å². The number of aromatic nitrogens is 2. The molecule has 1 saturated heterocycles. The molecule has 1 aromatic carbocycles. The van der Waals surface area contributed by atoms with Crippen molar-refractivity contribution in [1.82, 2.24) is 9.55 Å². The van der Waals surface area contributed by atoms with Crippen molar-refractivity contribution in [2.24, 2.45) is 0 Å². The first-order chi connectivity index (χ1) is 10.0. The summed E-state index contributed by atoms with van der Waals surface area (Å²) in [6, 6.07) is 3.04. The van der Waals surface area contributed by atoms with Gasteiger partial charge in [0.15, 0.2) is 0 Å². The molecule has 0 N–H and O–H groups in total. The fourth-order valence-corrected chi connectivity index (χ4v) is 3.40. The molecule has 0 amide bonds. The van der Waals surface area contributed by atoms with Crippen LogP contribution in [0.3, 0.4) is 0 Å². The molecule has 6 heteroatoms. The maximum Gasteiger partial charge on any atom is 0.144 e. The molecule has 1 fully saturated rings. The van der Waals surface area contributed by atoms with E-state index in [-0.39, 0.29) is 10.6 Å². The zero-order chi connectivity index (χ0) is 15.0. The highest BCUT2D eigenvalue weighted by Crippen LogP contribution is 2.34. The lowest BCUT2D eigenvalue weighted by Gasteiger charge is -2.36. The van der Waals surface area contributed by atoms with E-state index in [9.17, 15) is 4.39 Å². The van der Waals surface area contributed by atoms with Crippen molar-refractivity contribution in [3.63, 3.8) is 0 Å². The van der Waals surface area contributed by atoms with Crippen LogP contribution in [0, 0.1) is 5.82 Å². The summed E-state index contributed by atoms with van der Waals surface area (Å²) < 4.78 is 21.5. The third kappa shape index (κ3) is 2.65. The molecule has 1 aliphatic rings. The Bertz CT molecular complexity index is 665. The van der Waals surface area contributed by atoms with Gasteiger partial charge >= 0.3 is 0 Å². The van der Waals surface area contributed by atoms with E-state index in [1.165, 1.54) is 6.07 Å². The normalized spacial score (nSPS) is 22.9. The van der Waals surface area contributed by atoms with Crippen LogP contribution in [0.4, 0.5) is 4.39 Å². The van der Waals surface area contributed by atoms with Gasteiger partial charge in [0.25, 0.3) is 0 Å². The summed E-state index contributed by atoms with van der Waals surface area (Å²) in [5.74, 6) is 0.877. The fourth-order valence-electron chi connectivity index (χ4n) is 3.07. The number of benzene rings is 1. The molecule has 0 aliphatic carbocycles. The Kier molecular flexibility index (Phi) is 4.12. The number of imidazole rings is 1. The summed E-state index contributed by atoms with van der Waals surface area (Å²) in [6.45, 7) is 3.54. The van der Waals surface area contributed by atoms with E-state index in [0.29, 0.717) is 24.4 Å². The summed E-state index contributed by atoms with van der Waals surface area (Å²) in [7, 11) is 0. The van der Waals surface area contributed by atoms with Crippen LogP contribution in [0.1, 0.15) is 25.6 Å². The monoisotopic (exact) mass is 330 g/mol. The van der Waals surface area contributed by atoms with Gasteiger partial charge in [-0.05, 0) is 25.8 Å². The molecule has 3 nitrogen and oxygen atoms in total. The van der Waals surface area contributed by atoms with Crippen molar-refractivity contribution in [2.45, 2.75) is 31.7 Å². The lowest BCUT2D eigenvalue weighted by molar-refractivity contribution is 0.0102. The lowest BCUT2D eigenvalue weighted by atomic mass is 9.94. The third-order valence-electron chi connectivity index (χ3n) is 4.04. The molecule has 114 valence electrons. The molecule has 0 bridgehead atoms. The van der Waals surface area contributed by atoms with Gasteiger partial charge in [-0.15, -0.1) is 11.6 Å². The Morgan fingerprint density at radius 1 is 1.48 bits per heavy atom. The smallest absolute Gasteiger partial charge is 0.144 e. The maximum atomic E-state index is 13.7. The van der Waals surface area contributed by atoms with Gasteiger partial charge in [-0.1, -0.05) is 11.6 Å². The van der Waals surface area contributed by atoms with Crippen LogP contribution in [-0.2, 0) is 16.7 Å². The zero-order valence-corrected chi connectivity index (χ0v) is 13.3. The molecule has 21 heavy (non-hydrogen) atoms. The second-order valence-corrected chi connectivity index (χ2v) is 6.50. The summed E-state index contributed by atoms with van der Waals surface area (Å²) in [5, 5.41) is 0.112. The van der Waals surface area contributed by atoms with Crippen LogP contribution in [0.25, 0.3) is 11.0 Å². The molecule has 0 saturated carbocycles. The number of hydrogen-bond acceptors (Lipinski definition) is 2. The second kappa shape index (κ2) is 5.75. The quantitative estimate of drug-likeness (QED) is 0.791. The number of nitrogens with zero attached hydrogens (tertiary/aromatic N) is 2. The van der Waals surface area contributed by atoms with Gasteiger partial charge in [-0.25, -0.2) is 9.37 Å². The minimum Gasteiger partial charge on any atom is -0.379 e. The van der Waals surface area contributed by atoms with Crippen LogP contribution < -0.4 is 0 Å². The van der Waals surface area contributed by atoms with Crippen LogP contribution in [0.15, 0.2) is 12.1 Å². The molecule has 0 radical (unpaired) electrons. The van der Waals surface area contributed by atoms with E-state index in [2.05, 4.69) is 16.5 Å². The first-order valence-corrected chi connectivity index (χ1v) is 7.97.